The monoisotopic (exact) mass is 464 g/mol. The molecular formula is C24H20N2O8. The molecule has 1 saturated heterocycles. The number of Topliss-reactive ketones (excluding diaryl/α,β-unsaturated/α-hetero) is 1. The number of ether oxygens (including phenoxy) is 2. The Morgan fingerprint density at radius 3 is 2.50 bits per heavy atom. The second-order valence-electron chi connectivity index (χ2n) is 7.43. The van der Waals surface area contributed by atoms with Gasteiger partial charge in [-0.05, 0) is 29.8 Å². The van der Waals surface area contributed by atoms with Crippen LogP contribution < -0.4 is 9.47 Å². The van der Waals surface area contributed by atoms with E-state index in [1.54, 1.807) is 30.3 Å². The second-order valence-corrected chi connectivity index (χ2v) is 7.43. The number of ketones is 1. The molecule has 0 bridgehead atoms. The van der Waals surface area contributed by atoms with E-state index in [9.17, 15) is 24.8 Å². The summed E-state index contributed by atoms with van der Waals surface area (Å²) in [5.41, 5.74) is 0.0341. The summed E-state index contributed by atoms with van der Waals surface area (Å²) in [6, 6.07) is 12.4. The largest absolute Gasteiger partial charge is 0.507 e. The number of methoxy groups -OCH3 is 2. The molecule has 34 heavy (non-hydrogen) atoms. The van der Waals surface area contributed by atoms with Crippen molar-refractivity contribution in [2.24, 2.45) is 0 Å². The fraction of sp³-hybridized carbons (Fsp3) is 0.167. The maximum absolute atomic E-state index is 13.1. The van der Waals surface area contributed by atoms with E-state index in [4.69, 9.17) is 13.9 Å². The van der Waals surface area contributed by atoms with E-state index in [0.717, 1.165) is 6.07 Å². The summed E-state index contributed by atoms with van der Waals surface area (Å²) in [5.74, 6) is -1.06. The number of rotatable bonds is 7. The van der Waals surface area contributed by atoms with Crippen molar-refractivity contribution in [3.8, 4) is 11.5 Å². The third-order valence-electron chi connectivity index (χ3n) is 5.50. The highest BCUT2D eigenvalue weighted by Gasteiger charge is 2.46. The highest BCUT2D eigenvalue weighted by Crippen LogP contribution is 2.42. The first-order chi connectivity index (χ1) is 16.3. The number of carbonyl (C=O) groups is 2. The molecule has 10 heteroatoms. The SMILES string of the molecule is COc1ccc([C@@H]2/C(=C(\O)c3cccc([N+](=O)[O-])c3)C(=O)C(=O)N2Cc2ccco2)cc1OC. The predicted molar refractivity (Wildman–Crippen MR) is 119 cm³/mol. The molecule has 3 aromatic rings. The molecule has 2 heterocycles. The van der Waals surface area contributed by atoms with Gasteiger partial charge in [0.05, 0.1) is 43.6 Å². The van der Waals surface area contributed by atoms with Crippen molar-refractivity contribution >= 4 is 23.1 Å². The zero-order valence-electron chi connectivity index (χ0n) is 18.3. The van der Waals surface area contributed by atoms with Crippen LogP contribution in [-0.2, 0) is 16.1 Å². The number of likely N-dealkylation sites (tertiary alicyclic amines) is 1. The van der Waals surface area contributed by atoms with Gasteiger partial charge in [0.1, 0.15) is 11.5 Å². The number of hydrogen-bond acceptors (Lipinski definition) is 8. The van der Waals surface area contributed by atoms with Crippen molar-refractivity contribution in [3.63, 3.8) is 0 Å². The molecule has 2 aromatic carbocycles. The number of nitrogens with zero attached hydrogens (tertiary/aromatic N) is 2. The van der Waals surface area contributed by atoms with Gasteiger partial charge in [-0.2, -0.15) is 0 Å². The summed E-state index contributed by atoms with van der Waals surface area (Å²) in [4.78, 5) is 38.0. The molecule has 10 nitrogen and oxygen atoms in total. The molecule has 0 aliphatic carbocycles. The number of aliphatic hydroxyl groups excluding tert-OH is 1. The van der Waals surface area contributed by atoms with Gasteiger partial charge in [0, 0.05) is 17.7 Å². The lowest BCUT2D eigenvalue weighted by Gasteiger charge is -2.25. The van der Waals surface area contributed by atoms with Crippen molar-refractivity contribution < 1.29 is 33.5 Å². The molecule has 1 N–H and O–H groups in total. The molecule has 1 atom stereocenters. The zero-order valence-corrected chi connectivity index (χ0v) is 18.3. The Balaban J connectivity index is 1.91. The molecule has 1 amide bonds. The number of furan rings is 1. The van der Waals surface area contributed by atoms with E-state index in [0.29, 0.717) is 22.8 Å². The normalized spacial score (nSPS) is 17.1. The van der Waals surface area contributed by atoms with E-state index in [-0.39, 0.29) is 23.4 Å². The summed E-state index contributed by atoms with van der Waals surface area (Å²) in [6.45, 7) is -0.0394. The molecule has 1 aliphatic rings. The minimum absolute atomic E-state index is 0.0377. The first-order valence-corrected chi connectivity index (χ1v) is 10.1. The Hall–Kier alpha value is -4.60. The Morgan fingerprint density at radius 2 is 1.85 bits per heavy atom. The van der Waals surface area contributed by atoms with Gasteiger partial charge < -0.3 is 23.9 Å². The van der Waals surface area contributed by atoms with Crippen LogP contribution in [0.25, 0.3) is 5.76 Å². The number of carbonyl (C=O) groups excluding carboxylic acids is 2. The first-order valence-electron chi connectivity index (χ1n) is 10.1. The molecular weight excluding hydrogens is 444 g/mol. The van der Waals surface area contributed by atoms with Gasteiger partial charge in [-0.1, -0.05) is 18.2 Å². The Kier molecular flexibility index (Phi) is 6.05. The minimum Gasteiger partial charge on any atom is -0.507 e. The average Bonchev–Trinajstić information content (AvgIpc) is 3.45. The minimum atomic E-state index is -1.01. The van der Waals surface area contributed by atoms with Crippen LogP contribution in [0.2, 0.25) is 0 Å². The van der Waals surface area contributed by atoms with Crippen molar-refractivity contribution in [1.82, 2.24) is 4.90 Å². The number of hydrogen-bond donors (Lipinski definition) is 1. The van der Waals surface area contributed by atoms with E-state index in [1.807, 2.05) is 0 Å². The van der Waals surface area contributed by atoms with Gasteiger partial charge in [-0.25, -0.2) is 0 Å². The van der Waals surface area contributed by atoms with Gasteiger partial charge in [0.15, 0.2) is 11.5 Å². The van der Waals surface area contributed by atoms with Gasteiger partial charge >= 0.3 is 0 Å². The third-order valence-corrected chi connectivity index (χ3v) is 5.50. The quantitative estimate of drug-likeness (QED) is 0.183. The summed E-state index contributed by atoms with van der Waals surface area (Å²) >= 11 is 0. The van der Waals surface area contributed by atoms with E-state index < -0.39 is 28.4 Å². The lowest BCUT2D eigenvalue weighted by atomic mass is 9.94. The molecule has 0 unspecified atom stereocenters. The van der Waals surface area contributed by atoms with Crippen LogP contribution in [0.1, 0.15) is 22.9 Å². The highest BCUT2D eigenvalue weighted by molar-refractivity contribution is 6.46. The Labute approximate surface area is 193 Å². The van der Waals surface area contributed by atoms with E-state index in [1.165, 1.54) is 43.6 Å². The molecule has 0 saturated carbocycles. The topological polar surface area (TPSA) is 132 Å². The summed E-state index contributed by atoms with van der Waals surface area (Å²) < 4.78 is 16.0. The zero-order chi connectivity index (χ0) is 24.4. The van der Waals surface area contributed by atoms with Crippen molar-refractivity contribution in [2.75, 3.05) is 14.2 Å². The summed E-state index contributed by atoms with van der Waals surface area (Å²) in [6.07, 6.45) is 1.44. The fourth-order valence-corrected chi connectivity index (χ4v) is 3.91. The molecule has 0 spiro atoms. The smallest absolute Gasteiger partial charge is 0.296 e. The Bertz CT molecular complexity index is 1300. The molecule has 1 aromatic heterocycles. The van der Waals surface area contributed by atoms with Gasteiger partial charge in [0.2, 0.25) is 0 Å². The molecule has 0 radical (unpaired) electrons. The molecule has 174 valence electrons. The third kappa shape index (κ3) is 3.96. The average molecular weight is 464 g/mol. The van der Waals surface area contributed by atoms with Crippen molar-refractivity contribution in [1.29, 1.82) is 0 Å². The van der Waals surface area contributed by atoms with Gasteiger partial charge in [-0.3, -0.25) is 19.7 Å². The second kappa shape index (κ2) is 9.10. The van der Waals surface area contributed by atoms with Crippen molar-refractivity contribution in [2.45, 2.75) is 12.6 Å². The number of nitro benzene ring substituents is 1. The predicted octanol–water partition coefficient (Wildman–Crippen LogP) is 3.83. The molecule has 1 fully saturated rings. The number of aliphatic hydroxyl groups is 1. The van der Waals surface area contributed by atoms with Crippen LogP contribution in [0.3, 0.4) is 0 Å². The van der Waals surface area contributed by atoms with Crippen LogP contribution in [-0.4, -0.2) is 40.8 Å². The van der Waals surface area contributed by atoms with Crippen LogP contribution in [0.5, 0.6) is 11.5 Å². The maximum Gasteiger partial charge on any atom is 0.296 e. The lowest BCUT2D eigenvalue weighted by Crippen LogP contribution is -2.29. The van der Waals surface area contributed by atoms with E-state index in [2.05, 4.69) is 0 Å². The first kappa shape index (κ1) is 22.6. The van der Waals surface area contributed by atoms with Crippen LogP contribution in [0, 0.1) is 10.1 Å². The number of amides is 1. The van der Waals surface area contributed by atoms with Crippen LogP contribution in [0.15, 0.2) is 70.9 Å². The van der Waals surface area contributed by atoms with E-state index >= 15 is 0 Å². The van der Waals surface area contributed by atoms with Gasteiger partial charge in [0.25, 0.3) is 17.4 Å². The van der Waals surface area contributed by atoms with Gasteiger partial charge in [-0.15, -0.1) is 0 Å². The summed E-state index contributed by atoms with van der Waals surface area (Å²) in [7, 11) is 2.92. The highest BCUT2D eigenvalue weighted by atomic mass is 16.6. The standard InChI is InChI=1S/C24H20N2O8/c1-32-18-9-8-14(12-19(18)33-2)21-20(22(27)15-5-3-6-16(11-15)26(30)31)23(28)24(29)25(21)13-17-7-4-10-34-17/h3-12,21,27H,13H2,1-2H3/b22-20+/t21-/m1/s1. The van der Waals surface area contributed by atoms with Crippen LogP contribution in [0.4, 0.5) is 5.69 Å². The maximum atomic E-state index is 13.1. The molecule has 4 rings (SSSR count). The number of non-ortho nitro benzene ring substituents is 1. The molecule has 1 aliphatic heterocycles. The van der Waals surface area contributed by atoms with Crippen molar-refractivity contribution in [3.05, 3.63) is 93.4 Å². The number of nitro groups is 1. The number of benzene rings is 2. The Morgan fingerprint density at radius 1 is 1.09 bits per heavy atom. The summed E-state index contributed by atoms with van der Waals surface area (Å²) in [5, 5.41) is 22.3. The lowest BCUT2D eigenvalue weighted by molar-refractivity contribution is -0.384. The van der Waals surface area contributed by atoms with Crippen LogP contribution >= 0.6 is 0 Å². The fourth-order valence-electron chi connectivity index (χ4n) is 3.91.